The minimum absolute atomic E-state index is 0.868. The Balaban J connectivity index is 1.59. The van der Waals surface area contributed by atoms with Gasteiger partial charge >= 0.3 is 0 Å². The normalized spacial score (nSPS) is 42.8. The van der Waals surface area contributed by atoms with Gasteiger partial charge < -0.3 is 5.32 Å². The minimum atomic E-state index is 0.868. The highest BCUT2D eigenvalue weighted by Gasteiger charge is 2.34. The topological polar surface area (TPSA) is 15.3 Å². The summed E-state index contributed by atoms with van der Waals surface area (Å²) in [7, 11) is 0. The molecule has 0 radical (unpaired) electrons. The molecule has 0 bridgehead atoms. The van der Waals surface area contributed by atoms with Crippen LogP contribution in [0.1, 0.15) is 38.5 Å². The van der Waals surface area contributed by atoms with Crippen LogP contribution in [0, 0.1) is 11.8 Å². The lowest BCUT2D eigenvalue weighted by molar-refractivity contribution is 0.0622. The molecule has 1 N–H and O–H groups in total. The van der Waals surface area contributed by atoms with Crippen LogP contribution in [0.5, 0.6) is 0 Å². The Bertz CT molecular complexity index is 211. The molecule has 0 aromatic rings. The van der Waals surface area contributed by atoms with Crippen molar-refractivity contribution in [3.8, 4) is 0 Å². The highest BCUT2D eigenvalue weighted by atomic mass is 15.2. The van der Waals surface area contributed by atoms with Crippen LogP contribution in [-0.2, 0) is 0 Å². The Hall–Kier alpha value is -0.0800. The lowest BCUT2D eigenvalue weighted by atomic mass is 9.75. The maximum Gasteiger partial charge on any atom is 0.0232 e. The molecule has 2 saturated heterocycles. The lowest BCUT2D eigenvalue weighted by Crippen LogP contribution is -2.47. The molecule has 0 aromatic heterocycles. The highest BCUT2D eigenvalue weighted by Crippen LogP contribution is 2.36. The molecule has 15 heavy (non-hydrogen) atoms. The number of rotatable bonds is 1. The Labute approximate surface area is 93.4 Å². The number of nitrogens with one attached hydrogen (secondary N) is 1. The number of hydrogen-bond acceptors (Lipinski definition) is 2. The molecule has 86 valence electrons. The third-order valence-electron chi connectivity index (χ3n) is 4.87. The molecule has 3 rings (SSSR count). The number of piperidine rings is 1. The van der Waals surface area contributed by atoms with Crippen molar-refractivity contribution in [1.29, 1.82) is 0 Å². The summed E-state index contributed by atoms with van der Waals surface area (Å²) in [4.78, 5) is 2.78. The van der Waals surface area contributed by atoms with Gasteiger partial charge in [0.15, 0.2) is 0 Å². The van der Waals surface area contributed by atoms with Gasteiger partial charge in [-0.1, -0.05) is 19.3 Å². The van der Waals surface area contributed by atoms with Crippen molar-refractivity contribution in [2.45, 2.75) is 44.6 Å². The second-order valence-electron chi connectivity index (χ2n) is 5.73. The molecule has 2 aliphatic heterocycles. The maximum absolute atomic E-state index is 3.50. The van der Waals surface area contributed by atoms with Crippen LogP contribution in [0.2, 0.25) is 0 Å². The smallest absolute Gasteiger partial charge is 0.0232 e. The van der Waals surface area contributed by atoms with E-state index in [9.17, 15) is 0 Å². The Morgan fingerprint density at radius 3 is 2.60 bits per heavy atom. The highest BCUT2D eigenvalue weighted by molar-refractivity contribution is 4.89. The summed E-state index contributed by atoms with van der Waals surface area (Å²) in [5.41, 5.74) is 0. The van der Waals surface area contributed by atoms with Crippen molar-refractivity contribution in [1.82, 2.24) is 10.2 Å². The van der Waals surface area contributed by atoms with E-state index in [1.54, 1.807) is 0 Å². The van der Waals surface area contributed by atoms with E-state index in [1.165, 1.54) is 64.7 Å². The van der Waals surface area contributed by atoms with Gasteiger partial charge in [0.2, 0.25) is 0 Å². The van der Waals surface area contributed by atoms with Gasteiger partial charge in [0.1, 0.15) is 0 Å². The van der Waals surface area contributed by atoms with Crippen molar-refractivity contribution in [2.24, 2.45) is 11.8 Å². The summed E-state index contributed by atoms with van der Waals surface area (Å²) in [6, 6.07) is 0.868. The number of likely N-dealkylation sites (tertiary alicyclic amines) is 1. The molecule has 3 fully saturated rings. The first-order chi connectivity index (χ1) is 7.43. The van der Waals surface area contributed by atoms with Gasteiger partial charge in [-0.15, -0.1) is 0 Å². The molecule has 0 amide bonds. The Morgan fingerprint density at radius 1 is 0.933 bits per heavy atom. The van der Waals surface area contributed by atoms with Crippen LogP contribution in [0.4, 0.5) is 0 Å². The molecule has 3 atom stereocenters. The quantitative estimate of drug-likeness (QED) is 0.707. The molecule has 1 aliphatic carbocycles. The van der Waals surface area contributed by atoms with Crippen molar-refractivity contribution in [3.63, 3.8) is 0 Å². The summed E-state index contributed by atoms with van der Waals surface area (Å²) in [6.45, 7) is 5.29. The first-order valence-electron chi connectivity index (χ1n) is 6.88. The Morgan fingerprint density at radius 2 is 1.80 bits per heavy atom. The van der Waals surface area contributed by atoms with Crippen molar-refractivity contribution < 1.29 is 0 Å². The third kappa shape index (κ3) is 2.07. The maximum atomic E-state index is 3.50. The molecular formula is C13H24N2. The van der Waals surface area contributed by atoms with Gasteiger partial charge in [-0.05, 0) is 44.2 Å². The summed E-state index contributed by atoms with van der Waals surface area (Å²) in [5.74, 6) is 2.14. The van der Waals surface area contributed by atoms with Gasteiger partial charge in [0.25, 0.3) is 0 Å². The molecule has 3 aliphatic rings. The largest absolute Gasteiger partial charge is 0.315 e. The zero-order valence-corrected chi connectivity index (χ0v) is 9.75. The van der Waals surface area contributed by atoms with Crippen LogP contribution >= 0.6 is 0 Å². The number of hydrogen-bond donors (Lipinski definition) is 1. The number of fused-ring (bicyclic) bond motifs is 1. The molecule has 0 aromatic carbocycles. The van der Waals surface area contributed by atoms with Crippen molar-refractivity contribution in [2.75, 3.05) is 26.2 Å². The molecule has 2 heterocycles. The van der Waals surface area contributed by atoms with E-state index < -0.39 is 0 Å². The molecule has 2 heteroatoms. The molecule has 2 nitrogen and oxygen atoms in total. The fourth-order valence-electron chi connectivity index (χ4n) is 3.91. The van der Waals surface area contributed by atoms with E-state index >= 15 is 0 Å². The second-order valence-corrected chi connectivity index (χ2v) is 5.73. The van der Waals surface area contributed by atoms with E-state index in [-0.39, 0.29) is 0 Å². The van der Waals surface area contributed by atoms with Crippen LogP contribution in [0.15, 0.2) is 0 Å². The third-order valence-corrected chi connectivity index (χ3v) is 4.87. The van der Waals surface area contributed by atoms with Crippen LogP contribution in [0.25, 0.3) is 0 Å². The summed E-state index contributed by atoms with van der Waals surface area (Å²) in [6.07, 6.45) is 8.92. The monoisotopic (exact) mass is 208 g/mol. The zero-order chi connectivity index (χ0) is 10.1. The first-order valence-corrected chi connectivity index (χ1v) is 6.88. The zero-order valence-electron chi connectivity index (χ0n) is 9.75. The van der Waals surface area contributed by atoms with Crippen molar-refractivity contribution >= 4 is 0 Å². The van der Waals surface area contributed by atoms with Gasteiger partial charge in [-0.3, -0.25) is 4.90 Å². The predicted octanol–water partition coefficient (Wildman–Crippen LogP) is 1.86. The fraction of sp³-hybridized carbons (Fsp3) is 1.00. The van der Waals surface area contributed by atoms with E-state index in [2.05, 4.69) is 10.2 Å². The van der Waals surface area contributed by atoms with Gasteiger partial charge in [-0.25, -0.2) is 0 Å². The average molecular weight is 208 g/mol. The minimum Gasteiger partial charge on any atom is -0.315 e. The van der Waals surface area contributed by atoms with Gasteiger partial charge in [0.05, 0.1) is 0 Å². The lowest BCUT2D eigenvalue weighted by Gasteiger charge is -2.43. The van der Waals surface area contributed by atoms with E-state index in [4.69, 9.17) is 0 Å². The van der Waals surface area contributed by atoms with E-state index in [1.807, 2.05) is 0 Å². The fourth-order valence-corrected chi connectivity index (χ4v) is 3.91. The average Bonchev–Trinajstić information content (AvgIpc) is 2.82. The van der Waals surface area contributed by atoms with Crippen molar-refractivity contribution in [3.05, 3.63) is 0 Å². The molecule has 3 unspecified atom stereocenters. The summed E-state index contributed by atoms with van der Waals surface area (Å²) in [5, 5.41) is 3.50. The standard InChI is InChI=1S/C13H24N2/c1-2-4-12-10-15(8-6-11(12)3-1)13-5-7-14-9-13/h11-14H,1-10H2. The molecular weight excluding hydrogens is 184 g/mol. The first kappa shape index (κ1) is 10.1. The molecule has 0 spiro atoms. The SMILES string of the molecule is C1CCC2CN(C3CCNC3)CCC2C1. The van der Waals surface area contributed by atoms with E-state index in [0.29, 0.717) is 0 Å². The second kappa shape index (κ2) is 4.42. The van der Waals surface area contributed by atoms with Crippen LogP contribution < -0.4 is 5.32 Å². The van der Waals surface area contributed by atoms with E-state index in [0.717, 1.165) is 17.9 Å². The predicted molar refractivity (Wildman–Crippen MR) is 62.9 cm³/mol. The molecule has 1 saturated carbocycles. The summed E-state index contributed by atoms with van der Waals surface area (Å²) >= 11 is 0. The van der Waals surface area contributed by atoms with Gasteiger partial charge in [-0.2, -0.15) is 0 Å². The van der Waals surface area contributed by atoms with Crippen LogP contribution in [0.3, 0.4) is 0 Å². The Kier molecular flexibility index (Phi) is 2.98. The summed E-state index contributed by atoms with van der Waals surface area (Å²) < 4.78 is 0. The van der Waals surface area contributed by atoms with Crippen LogP contribution in [-0.4, -0.2) is 37.1 Å². The number of nitrogens with zero attached hydrogens (tertiary/aromatic N) is 1. The van der Waals surface area contributed by atoms with Gasteiger partial charge in [0, 0.05) is 19.1 Å².